The van der Waals surface area contributed by atoms with E-state index in [1.54, 1.807) is 0 Å². The molecular weight excluding hydrogens is 282 g/mol. The van der Waals surface area contributed by atoms with Crippen LogP contribution in [0.4, 0.5) is 0 Å². The van der Waals surface area contributed by atoms with Gasteiger partial charge in [-0.25, -0.2) is 0 Å². The molecule has 0 aliphatic heterocycles. The van der Waals surface area contributed by atoms with Crippen LogP contribution in [0.25, 0.3) is 0 Å². The smallest absolute Gasteiger partial charge is 0.146 e. The van der Waals surface area contributed by atoms with Crippen molar-refractivity contribution in [2.75, 3.05) is 7.05 Å². The Hall–Kier alpha value is -1.51. The topological polar surface area (TPSA) is 21.3 Å². The van der Waals surface area contributed by atoms with Gasteiger partial charge in [0, 0.05) is 6.54 Å². The number of unbranched alkanes of at least 4 members (excludes halogenated alkanes) is 1. The van der Waals surface area contributed by atoms with E-state index in [1.807, 2.05) is 37.4 Å². The van der Waals surface area contributed by atoms with Gasteiger partial charge >= 0.3 is 0 Å². The summed E-state index contributed by atoms with van der Waals surface area (Å²) in [4.78, 5) is 0. The molecule has 112 valence electrons. The Morgan fingerprint density at radius 3 is 2.38 bits per heavy atom. The molecule has 0 saturated carbocycles. The van der Waals surface area contributed by atoms with E-state index in [-0.39, 0.29) is 0 Å². The fourth-order valence-electron chi connectivity index (χ4n) is 2.17. The normalized spacial score (nSPS) is 10.6. The van der Waals surface area contributed by atoms with Crippen molar-refractivity contribution in [1.29, 1.82) is 0 Å². The predicted molar refractivity (Wildman–Crippen MR) is 89.3 cm³/mol. The van der Waals surface area contributed by atoms with E-state index >= 15 is 0 Å². The molecule has 1 N–H and O–H groups in total. The highest BCUT2D eigenvalue weighted by molar-refractivity contribution is 6.32. The van der Waals surface area contributed by atoms with E-state index < -0.39 is 0 Å². The van der Waals surface area contributed by atoms with Gasteiger partial charge in [-0.05, 0) is 55.3 Å². The molecule has 2 rings (SSSR count). The van der Waals surface area contributed by atoms with E-state index in [0.29, 0.717) is 10.8 Å². The number of hydrogen-bond donors (Lipinski definition) is 1. The first-order chi connectivity index (χ1) is 10.2. The second-order valence-corrected chi connectivity index (χ2v) is 5.55. The maximum atomic E-state index is 6.26. The minimum absolute atomic E-state index is 0.637. The third kappa shape index (κ3) is 4.76. The average molecular weight is 304 g/mol. The lowest BCUT2D eigenvalue weighted by molar-refractivity contribution is 0.482. The van der Waals surface area contributed by atoms with Gasteiger partial charge in [0.05, 0.1) is 5.02 Å². The summed E-state index contributed by atoms with van der Waals surface area (Å²) in [6, 6.07) is 14.1. The summed E-state index contributed by atoms with van der Waals surface area (Å²) in [5, 5.41) is 3.74. The first-order valence-electron chi connectivity index (χ1n) is 7.42. The van der Waals surface area contributed by atoms with Gasteiger partial charge in [0.1, 0.15) is 11.5 Å². The van der Waals surface area contributed by atoms with E-state index in [1.165, 1.54) is 18.4 Å². The summed E-state index contributed by atoms with van der Waals surface area (Å²) in [6.45, 7) is 3.00. The second kappa shape index (κ2) is 8.06. The first-order valence-corrected chi connectivity index (χ1v) is 7.80. The Bertz CT molecular complexity index is 566. The van der Waals surface area contributed by atoms with Crippen molar-refractivity contribution in [2.24, 2.45) is 0 Å². The summed E-state index contributed by atoms with van der Waals surface area (Å²) in [5.74, 6) is 1.51. The zero-order valence-electron chi connectivity index (χ0n) is 12.7. The van der Waals surface area contributed by atoms with Crippen LogP contribution in [0.2, 0.25) is 5.02 Å². The van der Waals surface area contributed by atoms with Crippen LogP contribution in [0.15, 0.2) is 42.5 Å². The average Bonchev–Trinajstić information content (AvgIpc) is 2.49. The summed E-state index contributed by atoms with van der Waals surface area (Å²) in [7, 11) is 1.92. The zero-order valence-corrected chi connectivity index (χ0v) is 13.4. The van der Waals surface area contributed by atoms with E-state index in [4.69, 9.17) is 16.3 Å². The Balaban J connectivity index is 2.04. The molecule has 0 saturated heterocycles. The molecule has 0 aromatic heterocycles. The van der Waals surface area contributed by atoms with Gasteiger partial charge in [0.15, 0.2) is 0 Å². The highest BCUT2D eigenvalue weighted by atomic mass is 35.5. The van der Waals surface area contributed by atoms with Crippen molar-refractivity contribution in [3.63, 3.8) is 0 Å². The summed E-state index contributed by atoms with van der Waals surface area (Å²) < 4.78 is 5.85. The van der Waals surface area contributed by atoms with Crippen LogP contribution in [-0.2, 0) is 13.0 Å². The molecule has 0 aliphatic rings. The molecule has 0 aliphatic carbocycles. The van der Waals surface area contributed by atoms with Crippen molar-refractivity contribution in [3.05, 3.63) is 58.6 Å². The number of nitrogens with one attached hydrogen (secondary N) is 1. The summed E-state index contributed by atoms with van der Waals surface area (Å²) in [6.07, 6.45) is 3.56. The standard InChI is InChI=1S/C18H22ClNO/c1-3-4-5-14-6-9-16(10-7-14)21-18-11-8-15(13-20-2)12-17(18)19/h6-12,20H,3-5,13H2,1-2H3. The second-order valence-electron chi connectivity index (χ2n) is 5.14. The quantitative estimate of drug-likeness (QED) is 0.759. The summed E-state index contributed by atoms with van der Waals surface area (Å²) >= 11 is 6.26. The Morgan fingerprint density at radius 2 is 1.76 bits per heavy atom. The number of rotatable bonds is 7. The van der Waals surface area contributed by atoms with Gasteiger partial charge in [-0.2, -0.15) is 0 Å². The van der Waals surface area contributed by atoms with Crippen LogP contribution in [0.1, 0.15) is 30.9 Å². The lowest BCUT2D eigenvalue weighted by Crippen LogP contribution is -2.04. The van der Waals surface area contributed by atoms with Crippen LogP contribution in [0.3, 0.4) is 0 Å². The Morgan fingerprint density at radius 1 is 1.05 bits per heavy atom. The number of benzene rings is 2. The van der Waals surface area contributed by atoms with Crippen molar-refractivity contribution >= 4 is 11.6 Å². The van der Waals surface area contributed by atoms with Crippen LogP contribution < -0.4 is 10.1 Å². The molecule has 0 spiro atoms. The van der Waals surface area contributed by atoms with E-state index in [0.717, 1.165) is 24.3 Å². The van der Waals surface area contributed by atoms with Crippen LogP contribution >= 0.6 is 11.6 Å². The van der Waals surface area contributed by atoms with E-state index in [2.05, 4.69) is 24.4 Å². The van der Waals surface area contributed by atoms with Crippen LogP contribution in [0, 0.1) is 0 Å². The van der Waals surface area contributed by atoms with E-state index in [9.17, 15) is 0 Å². The molecule has 0 amide bonds. The fraction of sp³-hybridized carbons (Fsp3) is 0.333. The van der Waals surface area contributed by atoms with Gasteiger partial charge < -0.3 is 10.1 Å². The minimum atomic E-state index is 0.637. The van der Waals surface area contributed by atoms with Gasteiger partial charge in [-0.15, -0.1) is 0 Å². The zero-order chi connectivity index (χ0) is 15.1. The Kier molecular flexibility index (Phi) is 6.09. The molecule has 2 nitrogen and oxygen atoms in total. The number of ether oxygens (including phenoxy) is 1. The Labute approximate surface area is 132 Å². The predicted octanol–water partition coefficient (Wildman–Crippen LogP) is 5.19. The monoisotopic (exact) mass is 303 g/mol. The van der Waals surface area contributed by atoms with Gasteiger partial charge in [0.2, 0.25) is 0 Å². The van der Waals surface area contributed by atoms with Crippen LogP contribution in [-0.4, -0.2) is 7.05 Å². The molecule has 0 bridgehead atoms. The lowest BCUT2D eigenvalue weighted by atomic mass is 10.1. The molecule has 0 heterocycles. The summed E-state index contributed by atoms with van der Waals surface area (Å²) in [5.41, 5.74) is 2.49. The van der Waals surface area contributed by atoms with Gasteiger partial charge in [0.25, 0.3) is 0 Å². The maximum Gasteiger partial charge on any atom is 0.146 e. The maximum absolute atomic E-state index is 6.26. The van der Waals surface area contributed by atoms with Gasteiger partial charge in [-0.1, -0.05) is 43.1 Å². The molecule has 0 atom stereocenters. The number of aryl methyl sites for hydroxylation is 1. The van der Waals surface area contributed by atoms with Gasteiger partial charge in [-0.3, -0.25) is 0 Å². The van der Waals surface area contributed by atoms with Crippen molar-refractivity contribution in [1.82, 2.24) is 5.32 Å². The van der Waals surface area contributed by atoms with Crippen molar-refractivity contribution < 1.29 is 4.74 Å². The molecule has 3 heteroatoms. The highest BCUT2D eigenvalue weighted by Crippen LogP contribution is 2.30. The molecule has 21 heavy (non-hydrogen) atoms. The molecule has 2 aromatic rings. The SMILES string of the molecule is CCCCc1ccc(Oc2ccc(CNC)cc2Cl)cc1. The molecule has 0 radical (unpaired) electrons. The number of hydrogen-bond acceptors (Lipinski definition) is 2. The fourth-order valence-corrected chi connectivity index (χ4v) is 2.41. The van der Waals surface area contributed by atoms with Crippen LogP contribution in [0.5, 0.6) is 11.5 Å². The molecule has 2 aromatic carbocycles. The first kappa shape index (κ1) is 15.9. The molecule has 0 unspecified atom stereocenters. The molecular formula is C18H22ClNO. The van der Waals surface area contributed by atoms with Crippen molar-refractivity contribution in [2.45, 2.75) is 32.7 Å². The minimum Gasteiger partial charge on any atom is -0.456 e. The largest absolute Gasteiger partial charge is 0.456 e. The van der Waals surface area contributed by atoms with Crippen molar-refractivity contribution in [3.8, 4) is 11.5 Å². The third-order valence-electron chi connectivity index (χ3n) is 3.35. The lowest BCUT2D eigenvalue weighted by Gasteiger charge is -2.10. The number of halogens is 1. The highest BCUT2D eigenvalue weighted by Gasteiger charge is 2.04. The third-order valence-corrected chi connectivity index (χ3v) is 3.64. The molecule has 0 fully saturated rings.